The summed E-state index contributed by atoms with van der Waals surface area (Å²) in [4.78, 5) is 9.89. The third-order valence-corrected chi connectivity index (χ3v) is 5.75. The summed E-state index contributed by atoms with van der Waals surface area (Å²) >= 11 is 0. The van der Waals surface area contributed by atoms with E-state index in [1.807, 2.05) is 56.2 Å². The Kier molecular flexibility index (Phi) is 8.62. The van der Waals surface area contributed by atoms with Crippen molar-refractivity contribution in [1.82, 2.24) is 9.97 Å². The van der Waals surface area contributed by atoms with E-state index in [-0.39, 0.29) is 12.4 Å². The van der Waals surface area contributed by atoms with Crippen LogP contribution in [0.4, 0.5) is 15.9 Å². The number of halogens is 1. The zero-order valence-electron chi connectivity index (χ0n) is 19.3. The lowest BCUT2D eigenvalue weighted by Crippen LogP contribution is -2.31. The number of rotatable bonds is 9. The number of nitrogens with zero attached hydrogens (tertiary/aromatic N) is 3. The zero-order chi connectivity index (χ0) is 22.9. The Hall–Kier alpha value is -2.93. The average Bonchev–Trinajstić information content (AvgIpc) is 3.29. The molecule has 3 N–H and O–H groups in total. The van der Waals surface area contributed by atoms with Crippen LogP contribution in [0, 0.1) is 12.7 Å². The lowest BCUT2D eigenvalue weighted by atomic mass is 10.1. The molecule has 0 unspecified atom stereocenters. The van der Waals surface area contributed by atoms with Crippen molar-refractivity contribution in [2.24, 2.45) is 5.10 Å². The van der Waals surface area contributed by atoms with Crippen molar-refractivity contribution in [3.63, 3.8) is 0 Å². The van der Waals surface area contributed by atoms with Gasteiger partial charge in [0, 0.05) is 42.8 Å². The maximum atomic E-state index is 15.5. The monoisotopic (exact) mass is 439 g/mol. The number of aliphatic hydroxyl groups excluding tert-OH is 1. The molecule has 0 bridgehead atoms. The zero-order valence-corrected chi connectivity index (χ0v) is 19.3. The van der Waals surface area contributed by atoms with Gasteiger partial charge < -0.3 is 15.0 Å². The highest BCUT2D eigenvalue weighted by atomic mass is 19.1. The minimum Gasteiger partial charge on any atom is -0.396 e. The summed E-state index contributed by atoms with van der Waals surface area (Å²) in [7, 11) is 0. The molecule has 1 aliphatic heterocycles. The minimum absolute atomic E-state index is 0.0796. The standard InChI is InChI=1S/C25H34FN5O/c1-4-5-10-18(2)22-15-20(16-27-22)17-28-30-24-19(3)21(11-9-14-32)29-25(23(24)26)31-12-7-6-8-13-31/h4-5,10,15-17,27,32H,6-9,11-14H2,1-3H3,(H,29,30)/b5-4-,18-10-,28-17+. The second-order valence-corrected chi connectivity index (χ2v) is 8.16. The summed E-state index contributed by atoms with van der Waals surface area (Å²) in [5.41, 5.74) is 7.82. The number of hydrazone groups is 1. The summed E-state index contributed by atoms with van der Waals surface area (Å²) < 4.78 is 15.5. The normalized spacial score (nSPS) is 15.3. The molecule has 0 saturated carbocycles. The van der Waals surface area contributed by atoms with Gasteiger partial charge in [-0.1, -0.05) is 18.2 Å². The number of hydrogen-bond donors (Lipinski definition) is 3. The Morgan fingerprint density at radius 2 is 2.12 bits per heavy atom. The van der Waals surface area contributed by atoms with Gasteiger partial charge in [0.1, 0.15) is 5.69 Å². The van der Waals surface area contributed by atoms with E-state index < -0.39 is 0 Å². The molecule has 2 aromatic heterocycles. The van der Waals surface area contributed by atoms with Crippen molar-refractivity contribution >= 4 is 23.3 Å². The molecule has 0 atom stereocenters. The number of anilines is 2. The first-order valence-electron chi connectivity index (χ1n) is 11.4. The molecular formula is C25H34FN5O. The Morgan fingerprint density at radius 1 is 1.34 bits per heavy atom. The molecule has 0 spiro atoms. The first-order valence-corrected chi connectivity index (χ1v) is 11.4. The highest BCUT2D eigenvalue weighted by Crippen LogP contribution is 2.31. The molecule has 0 aromatic carbocycles. The fourth-order valence-electron chi connectivity index (χ4n) is 3.83. The molecule has 1 saturated heterocycles. The molecule has 7 heteroatoms. The Morgan fingerprint density at radius 3 is 2.84 bits per heavy atom. The Balaban J connectivity index is 1.84. The highest BCUT2D eigenvalue weighted by molar-refractivity contribution is 5.82. The molecule has 0 radical (unpaired) electrons. The molecule has 1 fully saturated rings. The summed E-state index contributed by atoms with van der Waals surface area (Å²) in [5, 5.41) is 13.6. The quantitative estimate of drug-likeness (QED) is 0.285. The summed E-state index contributed by atoms with van der Waals surface area (Å²) in [6, 6.07) is 2.00. The molecule has 6 nitrogen and oxygen atoms in total. The fourth-order valence-corrected chi connectivity index (χ4v) is 3.83. The van der Waals surface area contributed by atoms with E-state index >= 15 is 4.39 Å². The highest BCUT2D eigenvalue weighted by Gasteiger charge is 2.22. The largest absolute Gasteiger partial charge is 0.396 e. The summed E-state index contributed by atoms with van der Waals surface area (Å²) in [5.74, 6) is 0.0174. The molecule has 2 aromatic rings. The Labute approximate surface area is 190 Å². The van der Waals surface area contributed by atoms with Crippen LogP contribution in [0.25, 0.3) is 5.57 Å². The fraction of sp³-hybridized carbons (Fsp3) is 0.440. The van der Waals surface area contributed by atoms with E-state index in [4.69, 9.17) is 0 Å². The molecule has 3 heterocycles. The molecule has 0 amide bonds. The van der Waals surface area contributed by atoms with Crippen LogP contribution in [-0.4, -0.2) is 41.0 Å². The van der Waals surface area contributed by atoms with Crippen molar-refractivity contribution in [3.05, 3.63) is 58.8 Å². The minimum atomic E-state index is -0.366. The second-order valence-electron chi connectivity index (χ2n) is 8.16. The molecule has 1 aliphatic rings. The van der Waals surface area contributed by atoms with Gasteiger partial charge in [-0.25, -0.2) is 9.37 Å². The SMILES string of the molecule is C/C=C\C=C(\C)c1cc(/C=N/Nc2c(C)c(CCCO)nc(N3CCCCC3)c2F)c[nH]1. The maximum Gasteiger partial charge on any atom is 0.190 e. The number of pyridine rings is 1. The lowest BCUT2D eigenvalue weighted by Gasteiger charge is -2.29. The number of aromatic nitrogens is 2. The van der Waals surface area contributed by atoms with Crippen molar-refractivity contribution in [2.45, 2.75) is 52.9 Å². The predicted molar refractivity (Wildman–Crippen MR) is 131 cm³/mol. The van der Waals surface area contributed by atoms with Gasteiger partial charge in [-0.05, 0) is 70.1 Å². The van der Waals surface area contributed by atoms with Crippen molar-refractivity contribution in [1.29, 1.82) is 0 Å². The van der Waals surface area contributed by atoms with Gasteiger partial charge in [-0.15, -0.1) is 0 Å². The van der Waals surface area contributed by atoms with Crippen molar-refractivity contribution < 1.29 is 9.50 Å². The third kappa shape index (κ3) is 5.85. The van der Waals surface area contributed by atoms with Crippen LogP contribution >= 0.6 is 0 Å². The van der Waals surface area contributed by atoms with Crippen LogP contribution < -0.4 is 10.3 Å². The van der Waals surface area contributed by atoms with Gasteiger partial charge in [0.05, 0.1) is 6.21 Å². The number of aryl methyl sites for hydroxylation is 1. The summed E-state index contributed by atoms with van der Waals surface area (Å²) in [6.45, 7) is 7.56. The van der Waals surface area contributed by atoms with Gasteiger partial charge >= 0.3 is 0 Å². The number of aliphatic hydroxyl groups is 1. The summed E-state index contributed by atoms with van der Waals surface area (Å²) in [6.07, 6.45) is 14.0. The van der Waals surface area contributed by atoms with Crippen LogP contribution in [-0.2, 0) is 6.42 Å². The van der Waals surface area contributed by atoms with Crippen LogP contribution in [0.2, 0.25) is 0 Å². The molecule has 0 aliphatic carbocycles. The van der Waals surface area contributed by atoms with E-state index in [9.17, 15) is 5.11 Å². The van der Waals surface area contributed by atoms with E-state index in [2.05, 4.69) is 20.5 Å². The lowest BCUT2D eigenvalue weighted by molar-refractivity contribution is 0.288. The third-order valence-electron chi connectivity index (χ3n) is 5.75. The number of allylic oxidation sites excluding steroid dienone is 4. The van der Waals surface area contributed by atoms with E-state index in [1.54, 1.807) is 6.21 Å². The smallest absolute Gasteiger partial charge is 0.190 e. The molecule has 172 valence electrons. The van der Waals surface area contributed by atoms with Crippen LogP contribution in [0.3, 0.4) is 0 Å². The molecule has 3 rings (SSSR count). The van der Waals surface area contributed by atoms with Crippen molar-refractivity contribution in [2.75, 3.05) is 30.0 Å². The average molecular weight is 440 g/mol. The van der Waals surface area contributed by atoms with Crippen LogP contribution in [0.5, 0.6) is 0 Å². The van der Waals surface area contributed by atoms with Gasteiger partial charge in [-0.2, -0.15) is 5.10 Å². The number of hydrogen-bond acceptors (Lipinski definition) is 5. The topological polar surface area (TPSA) is 76.5 Å². The number of piperidine rings is 1. The predicted octanol–water partition coefficient (Wildman–Crippen LogP) is 5.20. The van der Waals surface area contributed by atoms with Crippen LogP contribution in [0.1, 0.15) is 62.0 Å². The van der Waals surface area contributed by atoms with Crippen LogP contribution in [0.15, 0.2) is 35.6 Å². The van der Waals surface area contributed by atoms with Gasteiger partial charge in [0.2, 0.25) is 0 Å². The van der Waals surface area contributed by atoms with Crippen molar-refractivity contribution in [3.8, 4) is 0 Å². The number of aromatic amines is 1. The molecular weight excluding hydrogens is 405 g/mol. The first-order chi connectivity index (χ1) is 15.5. The van der Waals surface area contributed by atoms with Gasteiger partial charge in [-0.3, -0.25) is 5.43 Å². The molecule has 32 heavy (non-hydrogen) atoms. The number of H-pyrrole nitrogens is 1. The van der Waals surface area contributed by atoms with Gasteiger partial charge in [0.15, 0.2) is 11.6 Å². The first kappa shape index (κ1) is 23.7. The second kappa shape index (κ2) is 11.6. The Bertz CT molecular complexity index is 986. The van der Waals surface area contributed by atoms with E-state index in [0.29, 0.717) is 24.3 Å². The van der Waals surface area contributed by atoms with Gasteiger partial charge in [0.25, 0.3) is 0 Å². The number of nitrogens with one attached hydrogen (secondary N) is 2. The van der Waals surface area contributed by atoms with E-state index in [0.717, 1.165) is 54.0 Å². The maximum absolute atomic E-state index is 15.5. The van der Waals surface area contributed by atoms with E-state index in [1.165, 1.54) is 6.42 Å².